The van der Waals surface area contributed by atoms with Crippen molar-refractivity contribution in [3.8, 4) is 0 Å². The standard InChI is InChI=1S/C26H15NO/c1-2-9-17-16(8-1)18-10-3-5-13-21(18)27-22-14-6-4-11-20(22)26-25(27)24-19(17)12-7-15-23(24)28-26/h1-15H. The molecule has 0 spiro atoms. The maximum Gasteiger partial charge on any atom is 0.161 e. The first kappa shape index (κ1) is 14.3. The fraction of sp³-hybridized carbons (Fsp3) is 0. The molecule has 0 bridgehead atoms. The zero-order valence-corrected chi connectivity index (χ0v) is 15.0. The number of hydrogen-bond donors (Lipinski definition) is 0. The van der Waals surface area contributed by atoms with Crippen molar-refractivity contribution < 1.29 is 4.42 Å². The molecule has 0 saturated carbocycles. The Hall–Kier alpha value is -3.78. The molecule has 7 rings (SSSR count). The molecule has 0 N–H and O–H groups in total. The Kier molecular flexibility index (Phi) is 2.52. The van der Waals surface area contributed by atoms with Gasteiger partial charge in [0.25, 0.3) is 0 Å². The number of furan rings is 1. The lowest BCUT2D eigenvalue weighted by atomic mass is 10.0. The van der Waals surface area contributed by atoms with Gasteiger partial charge in [0.15, 0.2) is 5.58 Å². The summed E-state index contributed by atoms with van der Waals surface area (Å²) in [5.41, 5.74) is 5.44. The van der Waals surface area contributed by atoms with Crippen molar-refractivity contribution in [2.45, 2.75) is 0 Å². The number of benzene rings is 4. The van der Waals surface area contributed by atoms with Gasteiger partial charge in [-0.2, -0.15) is 0 Å². The van der Waals surface area contributed by atoms with Crippen LogP contribution in [-0.2, 0) is 0 Å². The Bertz CT molecular complexity index is 1720. The highest BCUT2D eigenvalue weighted by molar-refractivity contribution is 6.27. The van der Waals surface area contributed by atoms with Crippen molar-refractivity contribution in [3.05, 3.63) is 91.0 Å². The molecule has 2 heteroatoms. The molecule has 28 heavy (non-hydrogen) atoms. The van der Waals surface area contributed by atoms with Gasteiger partial charge in [-0.3, -0.25) is 0 Å². The lowest BCUT2D eigenvalue weighted by Gasteiger charge is -2.08. The van der Waals surface area contributed by atoms with E-state index in [-0.39, 0.29) is 0 Å². The van der Waals surface area contributed by atoms with Crippen LogP contribution in [0, 0.1) is 0 Å². The largest absolute Gasteiger partial charge is 0.454 e. The van der Waals surface area contributed by atoms with E-state index < -0.39 is 0 Å². The highest BCUT2D eigenvalue weighted by atomic mass is 16.3. The Morgan fingerprint density at radius 3 is 1.86 bits per heavy atom. The summed E-state index contributed by atoms with van der Waals surface area (Å²) in [5, 5.41) is 7.31. The second-order valence-electron chi connectivity index (χ2n) is 7.37. The van der Waals surface area contributed by atoms with Gasteiger partial charge in [0.1, 0.15) is 11.1 Å². The fourth-order valence-electron chi connectivity index (χ4n) is 4.83. The number of hydrogen-bond acceptors (Lipinski definition) is 1. The molecule has 4 aromatic carbocycles. The van der Waals surface area contributed by atoms with Crippen molar-refractivity contribution in [1.29, 1.82) is 0 Å². The molecule has 0 saturated heterocycles. The smallest absolute Gasteiger partial charge is 0.161 e. The fourth-order valence-corrected chi connectivity index (χ4v) is 4.83. The molecular weight excluding hydrogens is 342 g/mol. The van der Waals surface area contributed by atoms with Gasteiger partial charge in [-0.05, 0) is 40.4 Å². The van der Waals surface area contributed by atoms with Crippen LogP contribution < -0.4 is 0 Å². The van der Waals surface area contributed by atoms with Crippen molar-refractivity contribution in [3.63, 3.8) is 0 Å². The Balaban J connectivity index is 2.04. The van der Waals surface area contributed by atoms with Crippen molar-refractivity contribution in [1.82, 2.24) is 4.40 Å². The molecule has 0 aliphatic carbocycles. The van der Waals surface area contributed by atoms with E-state index in [9.17, 15) is 0 Å². The van der Waals surface area contributed by atoms with Gasteiger partial charge in [-0.15, -0.1) is 0 Å². The first-order chi connectivity index (χ1) is 13.9. The molecule has 0 aliphatic rings. The quantitative estimate of drug-likeness (QED) is 0.278. The summed E-state index contributed by atoms with van der Waals surface area (Å²) in [5.74, 6) is 0. The van der Waals surface area contributed by atoms with E-state index in [2.05, 4.69) is 95.4 Å². The summed E-state index contributed by atoms with van der Waals surface area (Å²) in [6.07, 6.45) is 0. The summed E-state index contributed by atoms with van der Waals surface area (Å²) in [4.78, 5) is 0. The molecule has 2 nitrogen and oxygen atoms in total. The summed E-state index contributed by atoms with van der Waals surface area (Å²) >= 11 is 0. The second-order valence-corrected chi connectivity index (χ2v) is 7.37. The van der Waals surface area contributed by atoms with Crippen LogP contribution in [0.5, 0.6) is 0 Å². The zero-order chi connectivity index (χ0) is 18.2. The summed E-state index contributed by atoms with van der Waals surface area (Å²) in [6, 6.07) is 32.3. The van der Waals surface area contributed by atoms with Crippen LogP contribution in [0.4, 0.5) is 0 Å². The minimum atomic E-state index is 0.941. The minimum Gasteiger partial charge on any atom is -0.454 e. The van der Waals surface area contributed by atoms with Gasteiger partial charge in [-0.1, -0.05) is 66.7 Å². The highest BCUT2D eigenvalue weighted by Crippen LogP contribution is 2.42. The maximum absolute atomic E-state index is 6.43. The van der Waals surface area contributed by atoms with E-state index in [1.165, 1.54) is 38.0 Å². The summed E-state index contributed by atoms with van der Waals surface area (Å²) < 4.78 is 8.81. The van der Waals surface area contributed by atoms with Gasteiger partial charge >= 0.3 is 0 Å². The van der Waals surface area contributed by atoms with E-state index in [1.54, 1.807) is 0 Å². The van der Waals surface area contributed by atoms with Crippen LogP contribution in [0.15, 0.2) is 95.4 Å². The normalized spacial score (nSPS) is 12.3. The van der Waals surface area contributed by atoms with E-state index in [4.69, 9.17) is 4.42 Å². The summed E-state index contributed by atoms with van der Waals surface area (Å²) in [6.45, 7) is 0. The lowest BCUT2D eigenvalue weighted by molar-refractivity contribution is 0.673. The minimum absolute atomic E-state index is 0.941. The van der Waals surface area contributed by atoms with Gasteiger partial charge < -0.3 is 8.82 Å². The highest BCUT2D eigenvalue weighted by Gasteiger charge is 2.20. The van der Waals surface area contributed by atoms with Crippen LogP contribution in [0.2, 0.25) is 0 Å². The van der Waals surface area contributed by atoms with Crippen molar-refractivity contribution in [2.75, 3.05) is 0 Å². The van der Waals surface area contributed by atoms with E-state index in [1.807, 2.05) is 0 Å². The first-order valence-electron chi connectivity index (χ1n) is 9.56. The molecule has 0 unspecified atom stereocenters. The van der Waals surface area contributed by atoms with Crippen molar-refractivity contribution >= 4 is 60.0 Å². The Labute approximate surface area is 160 Å². The van der Waals surface area contributed by atoms with Crippen LogP contribution >= 0.6 is 0 Å². The number of fused-ring (bicyclic) bond motifs is 8. The average molecular weight is 357 g/mol. The zero-order valence-electron chi connectivity index (χ0n) is 15.0. The van der Waals surface area contributed by atoms with Crippen LogP contribution in [0.3, 0.4) is 0 Å². The molecule has 3 aromatic heterocycles. The van der Waals surface area contributed by atoms with Gasteiger partial charge in [-0.25, -0.2) is 0 Å². The molecule has 0 atom stereocenters. The predicted molar refractivity (Wildman–Crippen MR) is 117 cm³/mol. The van der Waals surface area contributed by atoms with Gasteiger partial charge in [0, 0.05) is 10.8 Å². The van der Waals surface area contributed by atoms with Crippen LogP contribution in [0.25, 0.3) is 60.0 Å². The molecule has 7 aromatic rings. The predicted octanol–water partition coefficient (Wildman–Crippen LogP) is 7.30. The molecule has 0 radical (unpaired) electrons. The van der Waals surface area contributed by atoms with Gasteiger partial charge in [0.05, 0.1) is 16.4 Å². The molecule has 0 amide bonds. The maximum atomic E-state index is 6.43. The van der Waals surface area contributed by atoms with E-state index in [0.717, 1.165) is 22.1 Å². The average Bonchev–Trinajstić information content (AvgIpc) is 3.27. The lowest BCUT2D eigenvalue weighted by Crippen LogP contribution is -1.88. The topological polar surface area (TPSA) is 17.6 Å². The molecule has 0 aliphatic heterocycles. The third-order valence-corrected chi connectivity index (χ3v) is 5.96. The van der Waals surface area contributed by atoms with E-state index in [0.29, 0.717) is 0 Å². The Morgan fingerprint density at radius 2 is 1.07 bits per heavy atom. The van der Waals surface area contributed by atoms with Gasteiger partial charge in [0.2, 0.25) is 0 Å². The Morgan fingerprint density at radius 1 is 0.500 bits per heavy atom. The number of aromatic nitrogens is 1. The molecule has 130 valence electrons. The van der Waals surface area contributed by atoms with Crippen molar-refractivity contribution in [2.24, 2.45) is 0 Å². The SMILES string of the molecule is c1ccc2c(c1)c1cccc3oc4c5ccccc5n(c5ccccc25)c4c31. The third kappa shape index (κ3) is 1.59. The number of rotatable bonds is 0. The third-order valence-electron chi connectivity index (χ3n) is 5.96. The van der Waals surface area contributed by atoms with Crippen LogP contribution in [0.1, 0.15) is 0 Å². The van der Waals surface area contributed by atoms with Crippen LogP contribution in [-0.4, -0.2) is 4.40 Å². The second kappa shape index (κ2) is 4.93. The first-order valence-corrected chi connectivity index (χ1v) is 9.56. The van der Waals surface area contributed by atoms with E-state index >= 15 is 0 Å². The summed E-state index contributed by atoms with van der Waals surface area (Å²) in [7, 11) is 0. The monoisotopic (exact) mass is 357 g/mol. The molecule has 0 fully saturated rings. The molecular formula is C26H15NO. The number of nitrogens with zero attached hydrogens (tertiary/aromatic N) is 1. The number of para-hydroxylation sites is 2. The molecule has 3 heterocycles.